The standard InChI is InChI=1S/C15H25N3O6/c1-9(12(20)23-3)17-11(19)7-15(5-6-16-8-15)14(22)18-10(2)13(21)24-4/h9-10,16H,5-8H2,1-4H3,(H,17,19)(H,18,22)/t9-,10-,15?/m1/s1. The van der Waals surface area contributed by atoms with Crippen LogP contribution in [0.3, 0.4) is 0 Å². The van der Waals surface area contributed by atoms with Crippen LogP contribution in [0.4, 0.5) is 0 Å². The molecule has 1 heterocycles. The van der Waals surface area contributed by atoms with E-state index < -0.39 is 41.3 Å². The molecule has 3 atom stereocenters. The molecule has 1 unspecified atom stereocenters. The third-order valence-electron chi connectivity index (χ3n) is 4.06. The van der Waals surface area contributed by atoms with E-state index in [4.69, 9.17) is 0 Å². The lowest BCUT2D eigenvalue weighted by Crippen LogP contribution is -2.51. The lowest BCUT2D eigenvalue weighted by atomic mass is 9.82. The lowest BCUT2D eigenvalue weighted by molar-refractivity contribution is -0.147. The van der Waals surface area contributed by atoms with E-state index in [1.807, 2.05) is 0 Å². The van der Waals surface area contributed by atoms with Crippen LogP contribution in [-0.4, -0.2) is 63.1 Å². The van der Waals surface area contributed by atoms with Crippen molar-refractivity contribution in [1.82, 2.24) is 16.0 Å². The highest BCUT2D eigenvalue weighted by Gasteiger charge is 2.44. The Bertz CT molecular complexity index is 501. The Hall–Kier alpha value is -2.16. The second kappa shape index (κ2) is 8.62. The van der Waals surface area contributed by atoms with Gasteiger partial charge in [0, 0.05) is 13.0 Å². The molecule has 9 heteroatoms. The fourth-order valence-electron chi connectivity index (χ4n) is 2.59. The maximum absolute atomic E-state index is 12.6. The number of rotatable bonds is 7. The molecule has 3 N–H and O–H groups in total. The zero-order valence-electron chi connectivity index (χ0n) is 14.4. The highest BCUT2D eigenvalue weighted by Crippen LogP contribution is 2.30. The molecule has 1 rings (SSSR count). The minimum absolute atomic E-state index is 0.0962. The lowest BCUT2D eigenvalue weighted by Gasteiger charge is -2.28. The SMILES string of the molecule is COC(=O)[C@@H](C)NC(=O)CC1(C(=O)N[C@H](C)C(=O)OC)CCNC1. The van der Waals surface area contributed by atoms with Gasteiger partial charge in [-0.05, 0) is 26.8 Å². The average molecular weight is 343 g/mol. The molecule has 1 aliphatic heterocycles. The minimum atomic E-state index is -0.970. The Morgan fingerprint density at radius 1 is 1.04 bits per heavy atom. The summed E-state index contributed by atoms with van der Waals surface area (Å²) < 4.78 is 9.13. The van der Waals surface area contributed by atoms with E-state index >= 15 is 0 Å². The molecular formula is C15H25N3O6. The summed E-state index contributed by atoms with van der Waals surface area (Å²) in [6, 6.07) is -1.61. The Morgan fingerprint density at radius 3 is 2.04 bits per heavy atom. The Morgan fingerprint density at radius 2 is 1.58 bits per heavy atom. The van der Waals surface area contributed by atoms with Gasteiger partial charge in [0.25, 0.3) is 0 Å². The van der Waals surface area contributed by atoms with Crippen LogP contribution >= 0.6 is 0 Å². The molecule has 0 aromatic heterocycles. The average Bonchev–Trinajstić information content (AvgIpc) is 3.02. The summed E-state index contributed by atoms with van der Waals surface area (Å²) >= 11 is 0. The van der Waals surface area contributed by atoms with Crippen molar-refractivity contribution in [1.29, 1.82) is 0 Å². The van der Waals surface area contributed by atoms with Crippen molar-refractivity contribution in [3.8, 4) is 0 Å². The predicted molar refractivity (Wildman–Crippen MR) is 83.8 cm³/mol. The van der Waals surface area contributed by atoms with Crippen LogP contribution in [0, 0.1) is 5.41 Å². The first-order valence-corrected chi connectivity index (χ1v) is 7.72. The van der Waals surface area contributed by atoms with Gasteiger partial charge in [0.2, 0.25) is 11.8 Å². The number of amides is 2. The smallest absolute Gasteiger partial charge is 0.328 e. The van der Waals surface area contributed by atoms with Gasteiger partial charge >= 0.3 is 11.9 Å². The number of esters is 2. The second-order valence-electron chi connectivity index (χ2n) is 5.91. The monoisotopic (exact) mass is 343 g/mol. The molecule has 1 saturated heterocycles. The maximum atomic E-state index is 12.6. The van der Waals surface area contributed by atoms with Crippen molar-refractivity contribution < 1.29 is 28.7 Å². The molecule has 0 aromatic carbocycles. The summed E-state index contributed by atoms with van der Waals surface area (Å²) in [6.45, 7) is 3.91. The molecule has 136 valence electrons. The van der Waals surface area contributed by atoms with E-state index in [-0.39, 0.29) is 6.42 Å². The molecule has 0 saturated carbocycles. The molecule has 0 bridgehead atoms. The summed E-state index contributed by atoms with van der Waals surface area (Å²) in [5.74, 6) is -1.96. The molecule has 9 nitrogen and oxygen atoms in total. The van der Waals surface area contributed by atoms with Crippen LogP contribution in [-0.2, 0) is 28.7 Å². The van der Waals surface area contributed by atoms with Gasteiger partial charge in [-0.15, -0.1) is 0 Å². The Kier molecular flexibility index (Phi) is 7.15. The summed E-state index contributed by atoms with van der Waals surface area (Å²) in [7, 11) is 2.47. The predicted octanol–water partition coefficient (Wildman–Crippen LogP) is -1.29. The zero-order valence-corrected chi connectivity index (χ0v) is 14.4. The molecule has 1 aliphatic rings. The zero-order chi connectivity index (χ0) is 18.3. The van der Waals surface area contributed by atoms with Gasteiger partial charge < -0.3 is 25.4 Å². The van der Waals surface area contributed by atoms with Crippen LogP contribution < -0.4 is 16.0 Å². The molecule has 0 aromatic rings. The van der Waals surface area contributed by atoms with E-state index in [2.05, 4.69) is 25.4 Å². The van der Waals surface area contributed by atoms with E-state index in [9.17, 15) is 19.2 Å². The quantitative estimate of drug-likeness (QED) is 0.492. The third-order valence-corrected chi connectivity index (χ3v) is 4.06. The molecule has 0 spiro atoms. The number of nitrogens with one attached hydrogen (secondary N) is 3. The van der Waals surface area contributed by atoms with Gasteiger partial charge in [-0.2, -0.15) is 0 Å². The normalized spacial score (nSPS) is 22.2. The van der Waals surface area contributed by atoms with Crippen LogP contribution in [0.25, 0.3) is 0 Å². The summed E-state index contributed by atoms with van der Waals surface area (Å²) in [6.07, 6.45) is 0.355. The van der Waals surface area contributed by atoms with E-state index in [0.29, 0.717) is 19.5 Å². The van der Waals surface area contributed by atoms with Crippen LogP contribution in [0.15, 0.2) is 0 Å². The molecule has 24 heavy (non-hydrogen) atoms. The molecule has 0 radical (unpaired) electrons. The van der Waals surface area contributed by atoms with Crippen molar-refractivity contribution in [2.24, 2.45) is 5.41 Å². The molecular weight excluding hydrogens is 318 g/mol. The first-order valence-electron chi connectivity index (χ1n) is 7.72. The van der Waals surface area contributed by atoms with E-state index in [0.717, 1.165) is 0 Å². The molecule has 0 aliphatic carbocycles. The fraction of sp³-hybridized carbons (Fsp3) is 0.733. The van der Waals surface area contributed by atoms with Gasteiger partial charge in [-0.3, -0.25) is 9.59 Å². The second-order valence-corrected chi connectivity index (χ2v) is 5.91. The number of hydrogen-bond donors (Lipinski definition) is 3. The van der Waals surface area contributed by atoms with Crippen LogP contribution in [0.1, 0.15) is 26.7 Å². The number of ether oxygens (including phenoxy) is 2. The van der Waals surface area contributed by atoms with Gasteiger partial charge in [0.15, 0.2) is 0 Å². The molecule has 2 amide bonds. The van der Waals surface area contributed by atoms with Gasteiger partial charge in [-0.1, -0.05) is 0 Å². The Balaban J connectivity index is 2.74. The summed E-state index contributed by atoms with van der Waals surface area (Å²) in [5.41, 5.74) is -0.970. The highest BCUT2D eigenvalue weighted by atomic mass is 16.5. The Labute approximate surface area is 140 Å². The number of carbonyl (C=O) groups is 4. The largest absolute Gasteiger partial charge is 0.467 e. The van der Waals surface area contributed by atoms with E-state index in [1.165, 1.54) is 28.1 Å². The number of methoxy groups -OCH3 is 2. The van der Waals surface area contributed by atoms with Crippen LogP contribution in [0.2, 0.25) is 0 Å². The van der Waals surface area contributed by atoms with Crippen LogP contribution in [0.5, 0.6) is 0 Å². The van der Waals surface area contributed by atoms with Gasteiger partial charge in [0.05, 0.1) is 19.6 Å². The minimum Gasteiger partial charge on any atom is -0.467 e. The van der Waals surface area contributed by atoms with Crippen molar-refractivity contribution >= 4 is 23.8 Å². The van der Waals surface area contributed by atoms with Crippen molar-refractivity contribution in [2.45, 2.75) is 38.8 Å². The van der Waals surface area contributed by atoms with Gasteiger partial charge in [0.1, 0.15) is 12.1 Å². The summed E-state index contributed by atoms with van der Waals surface area (Å²) in [4.78, 5) is 47.6. The number of carbonyl (C=O) groups excluding carboxylic acids is 4. The van der Waals surface area contributed by atoms with E-state index in [1.54, 1.807) is 0 Å². The third kappa shape index (κ3) is 4.92. The molecule has 1 fully saturated rings. The summed E-state index contributed by atoms with van der Waals surface area (Å²) in [5, 5.41) is 8.15. The topological polar surface area (TPSA) is 123 Å². The van der Waals surface area contributed by atoms with Gasteiger partial charge in [-0.25, -0.2) is 9.59 Å². The van der Waals surface area contributed by atoms with Crippen molar-refractivity contribution in [2.75, 3.05) is 27.3 Å². The highest BCUT2D eigenvalue weighted by molar-refractivity contribution is 5.93. The first-order chi connectivity index (χ1) is 11.3. The van der Waals surface area contributed by atoms with Crippen molar-refractivity contribution in [3.63, 3.8) is 0 Å². The maximum Gasteiger partial charge on any atom is 0.328 e. The fourth-order valence-corrected chi connectivity index (χ4v) is 2.59. The first kappa shape index (κ1) is 19.9. The number of hydrogen-bond acceptors (Lipinski definition) is 7. The van der Waals surface area contributed by atoms with Crippen molar-refractivity contribution in [3.05, 3.63) is 0 Å².